The zero-order valence-electron chi connectivity index (χ0n) is 10.7. The van der Waals surface area contributed by atoms with Crippen molar-refractivity contribution in [2.24, 2.45) is 0 Å². The zero-order valence-corrected chi connectivity index (χ0v) is 10.7. The Labute approximate surface area is 103 Å². The van der Waals surface area contributed by atoms with Crippen LogP contribution in [0.3, 0.4) is 0 Å². The molecule has 0 spiro atoms. The van der Waals surface area contributed by atoms with Gasteiger partial charge in [-0.15, -0.1) is 0 Å². The van der Waals surface area contributed by atoms with Crippen molar-refractivity contribution in [1.29, 1.82) is 0 Å². The van der Waals surface area contributed by atoms with Crippen molar-refractivity contribution in [2.45, 2.75) is 45.7 Å². The van der Waals surface area contributed by atoms with Crippen LogP contribution in [0.15, 0.2) is 18.2 Å². The summed E-state index contributed by atoms with van der Waals surface area (Å²) in [6.07, 6.45) is 2.23. The number of hydrogen-bond donors (Lipinski definition) is 2. The summed E-state index contributed by atoms with van der Waals surface area (Å²) in [6.45, 7) is 6.17. The molecule has 1 saturated carbocycles. The molecule has 1 atom stereocenters. The van der Waals surface area contributed by atoms with Crippen molar-refractivity contribution in [1.82, 2.24) is 10.6 Å². The molecule has 0 aliphatic heterocycles. The van der Waals surface area contributed by atoms with Crippen molar-refractivity contribution >= 4 is 6.03 Å². The summed E-state index contributed by atoms with van der Waals surface area (Å²) in [5.41, 5.74) is 3.63. The molecule has 3 nitrogen and oxygen atoms in total. The molecule has 0 heterocycles. The molecule has 2 rings (SSSR count). The molecule has 3 heteroatoms. The summed E-state index contributed by atoms with van der Waals surface area (Å²) in [6, 6.07) is 6.73. The summed E-state index contributed by atoms with van der Waals surface area (Å²) in [4.78, 5) is 11.7. The Morgan fingerprint density at radius 2 is 2.06 bits per heavy atom. The standard InChI is InChI=1S/C14H20N2O/c1-9-4-5-10(2)13(8-9)11(3)15-14(17)16-12-6-7-12/h4-5,8,11-12H,6-7H2,1-3H3,(H2,15,16,17)/t11-/m0/s1. The maximum atomic E-state index is 11.7. The van der Waals surface area contributed by atoms with Crippen LogP contribution in [0.4, 0.5) is 4.79 Å². The van der Waals surface area contributed by atoms with Crippen LogP contribution in [-0.2, 0) is 0 Å². The molecule has 0 bridgehead atoms. The summed E-state index contributed by atoms with van der Waals surface area (Å²) in [5, 5.41) is 5.92. The number of nitrogens with one attached hydrogen (secondary N) is 2. The fourth-order valence-corrected chi connectivity index (χ4v) is 1.96. The number of amides is 2. The lowest BCUT2D eigenvalue weighted by Crippen LogP contribution is -2.38. The maximum absolute atomic E-state index is 11.7. The number of urea groups is 1. The topological polar surface area (TPSA) is 41.1 Å². The van der Waals surface area contributed by atoms with E-state index in [1.165, 1.54) is 16.7 Å². The summed E-state index contributed by atoms with van der Waals surface area (Å²) >= 11 is 0. The maximum Gasteiger partial charge on any atom is 0.315 e. The van der Waals surface area contributed by atoms with Gasteiger partial charge in [0.2, 0.25) is 0 Å². The molecule has 1 fully saturated rings. The largest absolute Gasteiger partial charge is 0.335 e. The monoisotopic (exact) mass is 232 g/mol. The molecule has 0 radical (unpaired) electrons. The van der Waals surface area contributed by atoms with E-state index >= 15 is 0 Å². The van der Waals surface area contributed by atoms with Crippen molar-refractivity contribution in [2.75, 3.05) is 0 Å². The predicted molar refractivity (Wildman–Crippen MR) is 69.0 cm³/mol. The zero-order chi connectivity index (χ0) is 12.4. The Balaban J connectivity index is 1.99. The Hall–Kier alpha value is -1.51. The fraction of sp³-hybridized carbons (Fsp3) is 0.500. The van der Waals surface area contributed by atoms with Gasteiger partial charge in [-0.3, -0.25) is 0 Å². The number of carbonyl (C=O) groups excluding carboxylic acids is 1. The number of aryl methyl sites for hydroxylation is 2. The van der Waals surface area contributed by atoms with E-state index in [0.29, 0.717) is 6.04 Å². The van der Waals surface area contributed by atoms with Gasteiger partial charge in [-0.2, -0.15) is 0 Å². The lowest BCUT2D eigenvalue weighted by molar-refractivity contribution is 0.237. The van der Waals surface area contributed by atoms with Gasteiger partial charge in [0.1, 0.15) is 0 Å². The molecule has 1 aliphatic carbocycles. The van der Waals surface area contributed by atoms with Crippen LogP contribution in [0.25, 0.3) is 0 Å². The van der Waals surface area contributed by atoms with Gasteiger partial charge in [0.25, 0.3) is 0 Å². The van der Waals surface area contributed by atoms with Crippen molar-refractivity contribution < 1.29 is 4.79 Å². The fourth-order valence-electron chi connectivity index (χ4n) is 1.96. The second-order valence-electron chi connectivity index (χ2n) is 4.97. The third-order valence-electron chi connectivity index (χ3n) is 3.16. The number of rotatable bonds is 3. The van der Waals surface area contributed by atoms with Crippen molar-refractivity contribution in [3.8, 4) is 0 Å². The third-order valence-corrected chi connectivity index (χ3v) is 3.16. The first-order valence-corrected chi connectivity index (χ1v) is 6.20. The van der Waals surface area contributed by atoms with Crippen LogP contribution in [0.1, 0.15) is 42.5 Å². The molecule has 1 aromatic carbocycles. The number of benzene rings is 1. The van der Waals surface area contributed by atoms with E-state index in [2.05, 4.69) is 42.7 Å². The van der Waals surface area contributed by atoms with Crippen molar-refractivity contribution in [3.05, 3.63) is 34.9 Å². The average molecular weight is 232 g/mol. The molecular formula is C14H20N2O. The van der Waals surface area contributed by atoms with E-state index in [4.69, 9.17) is 0 Å². The molecule has 1 aliphatic rings. The lowest BCUT2D eigenvalue weighted by Gasteiger charge is -2.17. The van der Waals surface area contributed by atoms with Gasteiger partial charge in [0.15, 0.2) is 0 Å². The van der Waals surface area contributed by atoms with Gasteiger partial charge in [-0.05, 0) is 44.7 Å². The van der Waals surface area contributed by atoms with E-state index in [9.17, 15) is 4.79 Å². The first kappa shape index (κ1) is 12.0. The summed E-state index contributed by atoms with van der Waals surface area (Å²) in [5.74, 6) is 0. The molecule has 92 valence electrons. The minimum Gasteiger partial charge on any atom is -0.335 e. The Morgan fingerprint density at radius 1 is 1.35 bits per heavy atom. The van der Waals surface area contributed by atoms with Crippen LogP contribution in [-0.4, -0.2) is 12.1 Å². The van der Waals surface area contributed by atoms with Gasteiger partial charge >= 0.3 is 6.03 Å². The highest BCUT2D eigenvalue weighted by atomic mass is 16.2. The van der Waals surface area contributed by atoms with E-state index in [1.54, 1.807) is 0 Å². The number of hydrogen-bond acceptors (Lipinski definition) is 1. The van der Waals surface area contributed by atoms with E-state index < -0.39 is 0 Å². The van der Waals surface area contributed by atoms with Gasteiger partial charge in [-0.1, -0.05) is 23.8 Å². The Bertz CT molecular complexity index is 424. The minimum absolute atomic E-state index is 0.0497. The predicted octanol–water partition coefficient (Wildman–Crippen LogP) is 2.83. The van der Waals surface area contributed by atoms with Gasteiger partial charge < -0.3 is 10.6 Å². The van der Waals surface area contributed by atoms with Crippen molar-refractivity contribution in [3.63, 3.8) is 0 Å². The SMILES string of the molecule is Cc1ccc(C)c([C@H](C)NC(=O)NC2CC2)c1. The quantitative estimate of drug-likeness (QED) is 0.826. The Kier molecular flexibility index (Phi) is 3.36. The smallest absolute Gasteiger partial charge is 0.315 e. The molecule has 0 aromatic heterocycles. The molecular weight excluding hydrogens is 212 g/mol. The van der Waals surface area contributed by atoms with Gasteiger partial charge in [0, 0.05) is 6.04 Å². The van der Waals surface area contributed by atoms with E-state index in [-0.39, 0.29) is 12.1 Å². The summed E-state index contributed by atoms with van der Waals surface area (Å²) < 4.78 is 0. The van der Waals surface area contributed by atoms with Crippen LogP contribution in [0.2, 0.25) is 0 Å². The molecule has 0 unspecified atom stereocenters. The van der Waals surface area contributed by atoms with Crippen LogP contribution in [0.5, 0.6) is 0 Å². The average Bonchev–Trinajstić information content (AvgIpc) is 3.05. The highest BCUT2D eigenvalue weighted by Crippen LogP contribution is 2.20. The van der Waals surface area contributed by atoms with E-state index in [1.807, 2.05) is 6.92 Å². The summed E-state index contributed by atoms with van der Waals surface area (Å²) in [7, 11) is 0. The van der Waals surface area contributed by atoms with Crippen LogP contribution >= 0.6 is 0 Å². The second-order valence-corrected chi connectivity index (χ2v) is 4.97. The highest BCUT2D eigenvalue weighted by molar-refractivity contribution is 5.75. The Morgan fingerprint density at radius 3 is 2.71 bits per heavy atom. The van der Waals surface area contributed by atoms with Gasteiger partial charge in [-0.25, -0.2) is 4.79 Å². The number of carbonyl (C=O) groups is 1. The van der Waals surface area contributed by atoms with Crippen LogP contribution in [0, 0.1) is 13.8 Å². The first-order valence-electron chi connectivity index (χ1n) is 6.20. The van der Waals surface area contributed by atoms with Crippen LogP contribution < -0.4 is 10.6 Å². The first-order chi connectivity index (χ1) is 8.06. The minimum atomic E-state index is -0.0547. The van der Waals surface area contributed by atoms with Gasteiger partial charge in [0.05, 0.1) is 6.04 Å². The molecule has 2 amide bonds. The second kappa shape index (κ2) is 4.78. The molecule has 2 N–H and O–H groups in total. The molecule has 0 saturated heterocycles. The normalized spacial score (nSPS) is 16.4. The van der Waals surface area contributed by atoms with E-state index in [0.717, 1.165) is 12.8 Å². The third kappa shape index (κ3) is 3.22. The molecule has 1 aromatic rings. The highest BCUT2D eigenvalue weighted by Gasteiger charge is 2.23. The lowest BCUT2D eigenvalue weighted by atomic mass is 10.0. The molecule has 17 heavy (non-hydrogen) atoms.